The molecule has 0 saturated heterocycles. The van der Waals surface area contributed by atoms with E-state index in [1.54, 1.807) is 6.07 Å². The molecular weight excluding hydrogens is 945 g/mol. The van der Waals surface area contributed by atoms with E-state index in [9.17, 15) is 10.2 Å². The highest BCUT2D eigenvalue weighted by atomic mass is 16.5. The lowest BCUT2D eigenvalue weighted by molar-refractivity contribution is -0.0351. The molecule has 0 aliphatic rings. The van der Waals surface area contributed by atoms with Gasteiger partial charge in [-0.05, 0) is 60.7 Å². The first-order valence-electron chi connectivity index (χ1n) is 26.3. The third-order valence-electron chi connectivity index (χ3n) is 15.0. The lowest BCUT2D eigenvalue weighted by atomic mass is 10.2. The molecule has 13 rings (SSSR count). The number of aromatic nitrogens is 4. The molecule has 2 N–H and O–H groups in total. The maximum atomic E-state index is 11.5. The van der Waals surface area contributed by atoms with Gasteiger partial charge in [-0.15, -0.1) is 0 Å². The van der Waals surface area contributed by atoms with Crippen LogP contribution in [0.5, 0.6) is 11.5 Å². The Kier molecular flexibility index (Phi) is 12.9. The Hall–Kier alpha value is -8.38. The molecule has 9 aromatic carbocycles. The van der Waals surface area contributed by atoms with Gasteiger partial charge in [0, 0.05) is 93.3 Å². The van der Waals surface area contributed by atoms with Crippen LogP contribution in [0.1, 0.15) is 0 Å². The molecule has 378 valence electrons. The molecule has 0 amide bonds. The van der Waals surface area contributed by atoms with Gasteiger partial charge in [-0.2, -0.15) is 0 Å². The van der Waals surface area contributed by atoms with Gasteiger partial charge in [-0.1, -0.05) is 152 Å². The average Bonchev–Trinajstić information content (AvgIpc) is 4.22. The molecule has 2 unspecified atom stereocenters. The van der Waals surface area contributed by atoms with Gasteiger partial charge in [0.25, 0.3) is 0 Å². The highest BCUT2D eigenvalue weighted by Crippen LogP contribution is 2.35. The quantitative estimate of drug-likeness (QED) is 0.0789. The second-order valence-electron chi connectivity index (χ2n) is 19.9. The molecule has 0 bridgehead atoms. The Balaban J connectivity index is 0.684. The van der Waals surface area contributed by atoms with E-state index in [0.717, 1.165) is 44.1 Å². The maximum absolute atomic E-state index is 11.5. The third kappa shape index (κ3) is 9.09. The number of benzene rings is 9. The van der Waals surface area contributed by atoms with E-state index in [1.165, 1.54) is 43.1 Å². The van der Waals surface area contributed by atoms with Gasteiger partial charge >= 0.3 is 0 Å². The Bertz CT molecular complexity index is 3480. The van der Waals surface area contributed by atoms with Crippen molar-refractivity contribution in [2.75, 3.05) is 26.4 Å². The van der Waals surface area contributed by atoms with Crippen LogP contribution >= 0.6 is 0 Å². The van der Waals surface area contributed by atoms with Crippen LogP contribution < -0.4 is 9.47 Å². The van der Waals surface area contributed by atoms with E-state index in [0.29, 0.717) is 37.7 Å². The van der Waals surface area contributed by atoms with Crippen molar-refractivity contribution in [3.05, 3.63) is 218 Å². The fourth-order valence-corrected chi connectivity index (χ4v) is 11.6. The van der Waals surface area contributed by atoms with Gasteiger partial charge in [0.15, 0.2) is 0 Å². The minimum Gasteiger partial charge on any atom is -0.491 e. The monoisotopic (exact) mass is 1000 g/mol. The fraction of sp³-hybridized carbons (Fsp3) is 0.182. The van der Waals surface area contributed by atoms with Crippen LogP contribution in [0.4, 0.5) is 0 Å². The zero-order chi connectivity index (χ0) is 51.0. The Morgan fingerprint density at radius 1 is 0.276 bits per heavy atom. The molecule has 76 heavy (non-hydrogen) atoms. The second-order valence-corrected chi connectivity index (χ2v) is 19.9. The highest BCUT2D eigenvalue weighted by molar-refractivity contribution is 6.10. The number of para-hydroxylation sites is 8. The van der Waals surface area contributed by atoms with Gasteiger partial charge in [-0.25, -0.2) is 0 Å². The average molecular weight is 1000 g/mol. The summed E-state index contributed by atoms with van der Waals surface area (Å²) < 4.78 is 35.3. The third-order valence-corrected chi connectivity index (χ3v) is 15.0. The summed E-state index contributed by atoms with van der Waals surface area (Å²) in [4.78, 5) is 0. The van der Waals surface area contributed by atoms with Crippen molar-refractivity contribution in [1.29, 1.82) is 0 Å². The van der Waals surface area contributed by atoms with Crippen molar-refractivity contribution in [3.63, 3.8) is 0 Å². The standard InChI is InChI=1S/C66H58N4O6/c71-45(43-75-49(37-67-59-28-9-1-20-51(59)52-21-2-10-29-60(52)67)38-68-61-30-11-3-22-53(61)54-23-4-12-31-62(54)68)41-73-47-18-17-19-48(36-47)74-42-46(72)44-76-50(39-69-63-32-13-5-24-55(63)56-25-6-14-33-64(56)69)40-70-65-34-15-7-26-57(65)58-27-8-16-35-66(58)70/h1-36,45-46,49-50,71-72H,37-44H2. The Labute approximate surface area is 439 Å². The zero-order valence-corrected chi connectivity index (χ0v) is 42.1. The Morgan fingerprint density at radius 3 is 0.737 bits per heavy atom. The topological polar surface area (TPSA) is 97.1 Å². The summed E-state index contributed by atoms with van der Waals surface area (Å²) in [6.45, 7) is 2.44. The normalized spacial score (nSPS) is 13.0. The second kappa shape index (κ2) is 20.7. The number of aliphatic hydroxyl groups excluding tert-OH is 2. The van der Waals surface area contributed by atoms with E-state index < -0.39 is 12.2 Å². The van der Waals surface area contributed by atoms with Crippen LogP contribution in [0.15, 0.2) is 218 Å². The van der Waals surface area contributed by atoms with Gasteiger partial charge < -0.3 is 47.4 Å². The molecule has 2 atom stereocenters. The summed E-state index contributed by atoms with van der Waals surface area (Å²) >= 11 is 0. The lowest BCUT2D eigenvalue weighted by Gasteiger charge is -2.24. The maximum Gasteiger partial charge on any atom is 0.123 e. The zero-order valence-electron chi connectivity index (χ0n) is 42.1. The predicted molar refractivity (Wildman–Crippen MR) is 307 cm³/mol. The molecule has 0 aliphatic carbocycles. The van der Waals surface area contributed by atoms with Crippen molar-refractivity contribution < 1.29 is 29.2 Å². The molecule has 0 aliphatic heterocycles. The molecule has 0 saturated carbocycles. The lowest BCUT2D eigenvalue weighted by Crippen LogP contribution is -2.32. The minimum absolute atomic E-state index is 0.0106. The molecule has 10 nitrogen and oxygen atoms in total. The first kappa shape index (κ1) is 47.3. The molecule has 0 radical (unpaired) electrons. The summed E-state index contributed by atoms with van der Waals surface area (Å²) in [6, 6.07) is 75.4. The SMILES string of the molecule is OC(COc1cccc(OCC(O)COC(Cn2c3ccccc3c3ccccc32)Cn2c3ccccc3c3ccccc32)c1)COC(Cn1c2ccccc2c2ccccc21)Cn1c2ccccc2c2ccccc21. The van der Waals surface area contributed by atoms with Gasteiger partial charge in [0.2, 0.25) is 0 Å². The molecule has 4 aromatic heterocycles. The summed E-state index contributed by atoms with van der Waals surface area (Å²) in [7, 11) is 0. The van der Waals surface area contributed by atoms with E-state index in [1.807, 2.05) is 18.2 Å². The van der Waals surface area contributed by atoms with Crippen LogP contribution in [-0.4, -0.2) is 79.3 Å². The summed E-state index contributed by atoms with van der Waals surface area (Å²) in [5, 5.41) is 32.5. The number of fused-ring (bicyclic) bond motifs is 12. The smallest absolute Gasteiger partial charge is 0.123 e. The number of rotatable bonds is 20. The predicted octanol–water partition coefficient (Wildman–Crippen LogP) is 13.2. The first-order chi connectivity index (χ1) is 37.5. The highest BCUT2D eigenvalue weighted by Gasteiger charge is 2.23. The van der Waals surface area contributed by atoms with Crippen molar-refractivity contribution in [2.45, 2.75) is 50.6 Å². The number of hydrogen-bond acceptors (Lipinski definition) is 6. The van der Waals surface area contributed by atoms with Crippen LogP contribution in [0.3, 0.4) is 0 Å². The largest absolute Gasteiger partial charge is 0.491 e. The van der Waals surface area contributed by atoms with Gasteiger partial charge in [-0.3, -0.25) is 0 Å². The summed E-state index contributed by atoms with van der Waals surface area (Å²) in [5.74, 6) is 1.07. The van der Waals surface area contributed by atoms with Crippen LogP contribution in [-0.2, 0) is 35.7 Å². The Morgan fingerprint density at radius 2 is 0.500 bits per heavy atom. The van der Waals surface area contributed by atoms with E-state index in [4.69, 9.17) is 18.9 Å². The molecule has 0 fully saturated rings. The summed E-state index contributed by atoms with van der Waals surface area (Å²) in [5.41, 5.74) is 9.12. The number of aliphatic hydroxyl groups is 2. The molecule has 4 heterocycles. The van der Waals surface area contributed by atoms with Crippen LogP contribution in [0, 0.1) is 0 Å². The minimum atomic E-state index is -0.916. The van der Waals surface area contributed by atoms with Crippen molar-refractivity contribution >= 4 is 87.2 Å². The van der Waals surface area contributed by atoms with E-state index in [2.05, 4.69) is 212 Å². The van der Waals surface area contributed by atoms with Gasteiger partial charge in [0.05, 0.1) is 51.6 Å². The van der Waals surface area contributed by atoms with Crippen LogP contribution in [0.25, 0.3) is 87.2 Å². The molecule has 10 heteroatoms. The van der Waals surface area contributed by atoms with E-state index in [-0.39, 0.29) is 38.6 Å². The fourth-order valence-electron chi connectivity index (χ4n) is 11.6. The number of nitrogens with zero attached hydrogens (tertiary/aromatic N) is 4. The molecule has 13 aromatic rings. The van der Waals surface area contributed by atoms with Gasteiger partial charge in [0.1, 0.15) is 36.9 Å². The van der Waals surface area contributed by atoms with Crippen molar-refractivity contribution in [3.8, 4) is 11.5 Å². The summed E-state index contributed by atoms with van der Waals surface area (Å²) in [6.07, 6.45) is -2.45. The molecular formula is C66H58N4O6. The molecule has 0 spiro atoms. The first-order valence-corrected chi connectivity index (χ1v) is 26.3. The van der Waals surface area contributed by atoms with E-state index >= 15 is 0 Å². The van der Waals surface area contributed by atoms with Crippen LogP contribution in [0.2, 0.25) is 0 Å². The number of ether oxygens (including phenoxy) is 4. The number of hydrogen-bond donors (Lipinski definition) is 2. The van der Waals surface area contributed by atoms with Crippen molar-refractivity contribution in [1.82, 2.24) is 18.3 Å². The van der Waals surface area contributed by atoms with Crippen molar-refractivity contribution in [2.24, 2.45) is 0 Å².